The number of hydrogen-bond acceptors (Lipinski definition) is 2. The fourth-order valence-corrected chi connectivity index (χ4v) is 1.03. The second-order valence-electron chi connectivity index (χ2n) is 2.36. The van der Waals surface area contributed by atoms with Crippen LogP contribution in [-0.2, 0) is 5.88 Å². The number of halogens is 3. The van der Waals surface area contributed by atoms with Crippen LogP contribution in [-0.4, -0.2) is 11.3 Å². The van der Waals surface area contributed by atoms with Crippen LogP contribution >= 0.6 is 11.6 Å². The number of pyridine rings is 1. The molecule has 0 N–H and O–H groups in total. The first kappa shape index (κ1) is 10.1. The molecule has 0 saturated carbocycles. The maximum atomic E-state index is 12.2. The minimum Gasteiger partial charge on any atom is -0.298 e. The lowest BCUT2D eigenvalue weighted by Crippen LogP contribution is -1.97. The summed E-state index contributed by atoms with van der Waals surface area (Å²) in [4.78, 5) is 14.1. The van der Waals surface area contributed by atoms with Crippen molar-refractivity contribution in [2.45, 2.75) is 12.3 Å². The van der Waals surface area contributed by atoms with Crippen LogP contribution in [0.5, 0.6) is 0 Å². The summed E-state index contributed by atoms with van der Waals surface area (Å²) in [6, 6.07) is 1.27. The molecule has 0 unspecified atom stereocenters. The summed E-state index contributed by atoms with van der Waals surface area (Å²) in [6.07, 6.45) is -1.33. The molecule has 0 aliphatic carbocycles. The summed E-state index contributed by atoms with van der Waals surface area (Å²) in [7, 11) is 0. The van der Waals surface area contributed by atoms with Crippen LogP contribution in [0.2, 0.25) is 0 Å². The molecule has 1 aromatic rings. The average molecular weight is 206 g/mol. The second kappa shape index (κ2) is 4.28. The van der Waals surface area contributed by atoms with E-state index in [-0.39, 0.29) is 17.0 Å². The number of carbonyl (C=O) groups is 1. The van der Waals surface area contributed by atoms with Gasteiger partial charge in [-0.2, -0.15) is 0 Å². The van der Waals surface area contributed by atoms with Crippen molar-refractivity contribution in [3.05, 3.63) is 29.1 Å². The van der Waals surface area contributed by atoms with Gasteiger partial charge >= 0.3 is 0 Å². The molecule has 0 saturated heterocycles. The van der Waals surface area contributed by atoms with Gasteiger partial charge in [0.25, 0.3) is 6.43 Å². The first-order chi connectivity index (χ1) is 6.19. The third-order valence-electron chi connectivity index (χ3n) is 1.52. The standard InChI is InChI=1S/C8H6ClF2NO/c9-2-6-1-5(4-13)7(3-12-6)8(10)11/h1,3-4,8H,2H2. The summed E-state index contributed by atoms with van der Waals surface area (Å²) in [6.45, 7) is 0. The molecule has 0 aromatic carbocycles. The molecule has 2 nitrogen and oxygen atoms in total. The van der Waals surface area contributed by atoms with Gasteiger partial charge < -0.3 is 0 Å². The number of hydrogen-bond donors (Lipinski definition) is 0. The van der Waals surface area contributed by atoms with E-state index in [1.807, 2.05) is 0 Å². The molecule has 0 aliphatic rings. The Bertz CT molecular complexity index is 317. The third kappa shape index (κ3) is 2.21. The number of aromatic nitrogens is 1. The number of alkyl halides is 3. The molecule has 0 bridgehead atoms. The molecule has 13 heavy (non-hydrogen) atoms. The minimum atomic E-state index is -2.68. The molecule has 0 radical (unpaired) electrons. The number of carbonyl (C=O) groups excluding carboxylic acids is 1. The summed E-state index contributed by atoms with van der Waals surface area (Å²) >= 11 is 5.42. The Morgan fingerprint density at radius 3 is 2.77 bits per heavy atom. The molecule has 0 aliphatic heterocycles. The Labute approximate surface area is 78.5 Å². The molecule has 1 heterocycles. The van der Waals surface area contributed by atoms with Crippen molar-refractivity contribution in [1.82, 2.24) is 4.98 Å². The minimum absolute atomic E-state index is 0.0550. The van der Waals surface area contributed by atoms with E-state index in [0.717, 1.165) is 6.20 Å². The predicted octanol–water partition coefficient (Wildman–Crippen LogP) is 2.57. The SMILES string of the molecule is O=Cc1cc(CCl)ncc1C(F)F. The van der Waals surface area contributed by atoms with Crippen molar-refractivity contribution in [2.24, 2.45) is 0 Å². The fourth-order valence-electron chi connectivity index (χ4n) is 0.885. The van der Waals surface area contributed by atoms with Gasteiger partial charge in [0.2, 0.25) is 0 Å². The van der Waals surface area contributed by atoms with Crippen LogP contribution in [0, 0.1) is 0 Å². The Balaban J connectivity index is 3.15. The van der Waals surface area contributed by atoms with E-state index in [0.29, 0.717) is 12.0 Å². The Morgan fingerprint density at radius 2 is 2.31 bits per heavy atom. The molecule has 0 amide bonds. The van der Waals surface area contributed by atoms with Crippen molar-refractivity contribution in [3.63, 3.8) is 0 Å². The molecule has 5 heteroatoms. The number of rotatable bonds is 3. The highest BCUT2D eigenvalue weighted by atomic mass is 35.5. The van der Waals surface area contributed by atoms with Crippen molar-refractivity contribution >= 4 is 17.9 Å². The zero-order valence-corrected chi connectivity index (χ0v) is 7.26. The van der Waals surface area contributed by atoms with E-state index < -0.39 is 6.43 Å². The van der Waals surface area contributed by atoms with E-state index >= 15 is 0 Å². The van der Waals surface area contributed by atoms with Gasteiger partial charge in [0, 0.05) is 17.3 Å². The molecule has 1 aromatic heterocycles. The van der Waals surface area contributed by atoms with Crippen molar-refractivity contribution < 1.29 is 13.6 Å². The van der Waals surface area contributed by atoms with Gasteiger partial charge in [-0.15, -0.1) is 11.6 Å². The molecule has 0 spiro atoms. The number of nitrogens with zero attached hydrogens (tertiary/aromatic N) is 1. The molecule has 1 rings (SSSR count). The highest BCUT2D eigenvalue weighted by Gasteiger charge is 2.13. The summed E-state index contributed by atoms with van der Waals surface area (Å²) < 4.78 is 24.4. The van der Waals surface area contributed by atoms with E-state index in [4.69, 9.17) is 11.6 Å². The van der Waals surface area contributed by atoms with E-state index in [1.54, 1.807) is 0 Å². The summed E-state index contributed by atoms with van der Waals surface area (Å²) in [5.74, 6) is 0.102. The molecule has 0 fully saturated rings. The summed E-state index contributed by atoms with van der Waals surface area (Å²) in [5.41, 5.74) is -0.00215. The van der Waals surface area contributed by atoms with Crippen LogP contribution in [0.3, 0.4) is 0 Å². The third-order valence-corrected chi connectivity index (χ3v) is 1.80. The Morgan fingerprint density at radius 1 is 1.62 bits per heavy atom. The second-order valence-corrected chi connectivity index (χ2v) is 2.62. The van der Waals surface area contributed by atoms with Crippen LogP contribution in [0.25, 0.3) is 0 Å². The van der Waals surface area contributed by atoms with E-state index in [1.165, 1.54) is 6.07 Å². The molecule has 0 atom stereocenters. The fraction of sp³-hybridized carbons (Fsp3) is 0.250. The van der Waals surface area contributed by atoms with Crippen molar-refractivity contribution in [2.75, 3.05) is 0 Å². The molecular weight excluding hydrogens is 200 g/mol. The van der Waals surface area contributed by atoms with Gasteiger partial charge in [-0.3, -0.25) is 9.78 Å². The summed E-state index contributed by atoms with van der Waals surface area (Å²) in [5, 5.41) is 0. The van der Waals surface area contributed by atoms with Crippen molar-refractivity contribution in [3.8, 4) is 0 Å². The highest BCUT2D eigenvalue weighted by molar-refractivity contribution is 6.16. The van der Waals surface area contributed by atoms with Crippen molar-refractivity contribution in [1.29, 1.82) is 0 Å². The van der Waals surface area contributed by atoms with E-state index in [2.05, 4.69) is 4.98 Å². The van der Waals surface area contributed by atoms with Gasteiger partial charge in [0.05, 0.1) is 11.6 Å². The molecule has 70 valence electrons. The van der Waals surface area contributed by atoms with Crippen LogP contribution < -0.4 is 0 Å². The maximum Gasteiger partial charge on any atom is 0.266 e. The average Bonchev–Trinajstić information content (AvgIpc) is 2.16. The number of aldehydes is 1. The zero-order chi connectivity index (χ0) is 9.84. The van der Waals surface area contributed by atoms with Gasteiger partial charge in [-0.25, -0.2) is 8.78 Å². The van der Waals surface area contributed by atoms with Gasteiger partial charge in [-0.1, -0.05) is 0 Å². The first-order valence-corrected chi connectivity index (χ1v) is 4.00. The maximum absolute atomic E-state index is 12.2. The van der Waals surface area contributed by atoms with E-state index in [9.17, 15) is 13.6 Å². The largest absolute Gasteiger partial charge is 0.298 e. The normalized spacial score (nSPS) is 10.5. The lowest BCUT2D eigenvalue weighted by atomic mass is 10.1. The van der Waals surface area contributed by atoms with Crippen LogP contribution in [0.1, 0.15) is 28.0 Å². The quantitative estimate of drug-likeness (QED) is 0.561. The molecular formula is C8H6ClF2NO. The first-order valence-electron chi connectivity index (χ1n) is 3.47. The van der Waals surface area contributed by atoms with Crippen LogP contribution in [0.15, 0.2) is 12.3 Å². The topological polar surface area (TPSA) is 30.0 Å². The lowest BCUT2D eigenvalue weighted by Gasteiger charge is -2.03. The Hall–Kier alpha value is -1.03. The highest BCUT2D eigenvalue weighted by Crippen LogP contribution is 2.21. The smallest absolute Gasteiger partial charge is 0.266 e. The predicted molar refractivity (Wildman–Crippen MR) is 44.1 cm³/mol. The zero-order valence-electron chi connectivity index (χ0n) is 6.51. The Kier molecular flexibility index (Phi) is 3.31. The van der Waals surface area contributed by atoms with Gasteiger partial charge in [0.1, 0.15) is 0 Å². The van der Waals surface area contributed by atoms with Gasteiger partial charge in [-0.05, 0) is 6.07 Å². The monoisotopic (exact) mass is 205 g/mol. The lowest BCUT2D eigenvalue weighted by molar-refractivity contribution is 0.110. The van der Waals surface area contributed by atoms with Gasteiger partial charge in [0.15, 0.2) is 6.29 Å². The van der Waals surface area contributed by atoms with Crippen LogP contribution in [0.4, 0.5) is 8.78 Å².